The van der Waals surface area contributed by atoms with Crippen LogP contribution in [0.4, 0.5) is 5.69 Å². The minimum absolute atomic E-state index is 0.130. The lowest BCUT2D eigenvalue weighted by Gasteiger charge is -2.07. The quantitative estimate of drug-likeness (QED) is 0.734. The van der Waals surface area contributed by atoms with Crippen molar-refractivity contribution < 1.29 is 8.42 Å². The van der Waals surface area contributed by atoms with Crippen LogP contribution in [0.1, 0.15) is 11.4 Å². The first-order valence-corrected chi connectivity index (χ1v) is 7.77. The van der Waals surface area contributed by atoms with Crippen molar-refractivity contribution in [1.29, 1.82) is 0 Å². The van der Waals surface area contributed by atoms with Crippen LogP contribution in [0.3, 0.4) is 0 Å². The molecular weight excluding hydrogens is 278 g/mol. The Morgan fingerprint density at radius 1 is 1.35 bits per heavy atom. The number of sulfonamides is 1. The Balaban J connectivity index is 1.90. The van der Waals surface area contributed by atoms with Gasteiger partial charge in [-0.1, -0.05) is 18.2 Å². The number of rotatable bonds is 6. The van der Waals surface area contributed by atoms with E-state index in [1.807, 2.05) is 0 Å². The van der Waals surface area contributed by atoms with Crippen LogP contribution in [0.25, 0.3) is 0 Å². The summed E-state index contributed by atoms with van der Waals surface area (Å²) >= 11 is 0. The molecule has 0 fully saturated rings. The molecule has 0 spiro atoms. The minimum atomic E-state index is -3.41. The Bertz CT molecular complexity index is 681. The van der Waals surface area contributed by atoms with Crippen LogP contribution in [0.2, 0.25) is 0 Å². The van der Waals surface area contributed by atoms with Gasteiger partial charge in [0.05, 0.1) is 5.75 Å². The molecule has 0 amide bonds. The molecule has 0 atom stereocenters. The van der Waals surface area contributed by atoms with Crippen molar-refractivity contribution in [3.8, 4) is 0 Å². The van der Waals surface area contributed by atoms with E-state index in [4.69, 9.17) is 5.73 Å². The molecule has 0 aliphatic carbocycles. The zero-order chi connectivity index (χ0) is 14.6. The summed E-state index contributed by atoms with van der Waals surface area (Å²) < 4.78 is 28.0. The number of nitrogen functional groups attached to an aromatic ring is 1. The molecule has 0 aliphatic heterocycles. The lowest BCUT2D eigenvalue weighted by molar-refractivity contribution is 0.580. The SMILES string of the molecule is Cn1cnc(CCNS(=O)(=O)Cc2ccccc2N)n1. The standard InChI is InChI=1S/C12H17N5O2S/c1-17-9-14-12(16-17)6-7-15-20(18,19)8-10-4-2-3-5-11(10)13/h2-5,9,15H,6-8,13H2,1H3. The van der Waals surface area contributed by atoms with Gasteiger partial charge in [-0.25, -0.2) is 18.1 Å². The Morgan fingerprint density at radius 2 is 2.10 bits per heavy atom. The highest BCUT2D eigenvalue weighted by Gasteiger charge is 2.13. The number of anilines is 1. The maximum Gasteiger partial charge on any atom is 0.215 e. The summed E-state index contributed by atoms with van der Waals surface area (Å²) in [6, 6.07) is 6.92. The van der Waals surface area contributed by atoms with Crippen LogP contribution in [-0.2, 0) is 29.2 Å². The van der Waals surface area contributed by atoms with Crippen molar-refractivity contribution in [2.45, 2.75) is 12.2 Å². The highest BCUT2D eigenvalue weighted by molar-refractivity contribution is 7.88. The van der Waals surface area contributed by atoms with Gasteiger partial charge >= 0.3 is 0 Å². The molecule has 0 unspecified atom stereocenters. The van der Waals surface area contributed by atoms with E-state index in [0.29, 0.717) is 23.5 Å². The molecule has 0 bridgehead atoms. The number of nitrogens with two attached hydrogens (primary N) is 1. The molecule has 0 saturated carbocycles. The highest BCUT2D eigenvalue weighted by atomic mass is 32.2. The summed E-state index contributed by atoms with van der Waals surface area (Å²) in [4.78, 5) is 4.03. The van der Waals surface area contributed by atoms with Crippen LogP contribution in [0.15, 0.2) is 30.6 Å². The molecule has 3 N–H and O–H groups in total. The number of benzene rings is 1. The topological polar surface area (TPSA) is 103 Å². The van der Waals surface area contributed by atoms with Crippen molar-refractivity contribution in [1.82, 2.24) is 19.5 Å². The number of nitrogens with one attached hydrogen (secondary N) is 1. The summed E-state index contributed by atoms with van der Waals surface area (Å²) in [5.74, 6) is 0.476. The van der Waals surface area contributed by atoms with Gasteiger partial charge in [0.15, 0.2) is 5.82 Å². The molecule has 20 heavy (non-hydrogen) atoms. The second kappa shape index (κ2) is 6.02. The first-order valence-electron chi connectivity index (χ1n) is 6.11. The predicted molar refractivity (Wildman–Crippen MR) is 76.2 cm³/mol. The second-order valence-corrected chi connectivity index (χ2v) is 6.24. The Hall–Kier alpha value is -1.93. The fourth-order valence-corrected chi connectivity index (χ4v) is 2.93. The normalized spacial score (nSPS) is 11.7. The third kappa shape index (κ3) is 4.04. The second-order valence-electron chi connectivity index (χ2n) is 4.44. The minimum Gasteiger partial charge on any atom is -0.398 e. The number of hydrogen-bond donors (Lipinski definition) is 2. The van der Waals surface area contributed by atoms with Gasteiger partial charge in [0.2, 0.25) is 10.0 Å². The maximum absolute atomic E-state index is 11.9. The average molecular weight is 295 g/mol. The summed E-state index contributed by atoms with van der Waals surface area (Å²) in [6.45, 7) is 0.263. The Kier molecular flexibility index (Phi) is 4.35. The van der Waals surface area contributed by atoms with Crippen molar-refractivity contribution in [2.24, 2.45) is 7.05 Å². The summed E-state index contributed by atoms with van der Waals surface area (Å²) in [7, 11) is -1.65. The molecular formula is C12H17N5O2S. The summed E-state index contributed by atoms with van der Waals surface area (Å²) in [6.07, 6.45) is 2.03. The smallest absolute Gasteiger partial charge is 0.215 e. The van der Waals surface area contributed by atoms with Crippen molar-refractivity contribution in [3.05, 3.63) is 42.0 Å². The van der Waals surface area contributed by atoms with Gasteiger partial charge in [-0.3, -0.25) is 4.68 Å². The number of aromatic nitrogens is 3. The Morgan fingerprint density at radius 3 is 2.75 bits per heavy atom. The molecule has 0 radical (unpaired) electrons. The monoisotopic (exact) mass is 295 g/mol. The number of para-hydroxylation sites is 1. The first kappa shape index (κ1) is 14.5. The Labute approximate surface area is 117 Å². The predicted octanol–water partition coefficient (Wildman–Crippen LogP) is 0.0594. The molecule has 1 aromatic carbocycles. The van der Waals surface area contributed by atoms with Gasteiger partial charge in [0.1, 0.15) is 6.33 Å². The third-order valence-electron chi connectivity index (χ3n) is 2.72. The summed E-state index contributed by atoms with van der Waals surface area (Å²) in [5.41, 5.74) is 6.80. The van der Waals surface area contributed by atoms with Crippen molar-refractivity contribution in [2.75, 3.05) is 12.3 Å². The molecule has 2 rings (SSSR count). The fourth-order valence-electron chi connectivity index (χ4n) is 1.74. The van der Waals surface area contributed by atoms with Gasteiger partial charge in [-0.15, -0.1) is 0 Å². The van der Waals surface area contributed by atoms with Gasteiger partial charge in [0.25, 0.3) is 0 Å². The van der Waals surface area contributed by atoms with Crippen molar-refractivity contribution in [3.63, 3.8) is 0 Å². The molecule has 0 aliphatic rings. The number of hydrogen-bond acceptors (Lipinski definition) is 5. The van der Waals surface area contributed by atoms with E-state index in [-0.39, 0.29) is 12.3 Å². The van der Waals surface area contributed by atoms with E-state index >= 15 is 0 Å². The molecule has 108 valence electrons. The highest BCUT2D eigenvalue weighted by Crippen LogP contribution is 2.13. The lowest BCUT2D eigenvalue weighted by Crippen LogP contribution is -2.27. The van der Waals surface area contributed by atoms with Crippen molar-refractivity contribution >= 4 is 15.7 Å². The zero-order valence-electron chi connectivity index (χ0n) is 11.2. The molecule has 0 saturated heterocycles. The van der Waals surface area contributed by atoms with Crippen LogP contribution in [0.5, 0.6) is 0 Å². The third-order valence-corrected chi connectivity index (χ3v) is 4.05. The van der Waals surface area contributed by atoms with Crippen LogP contribution >= 0.6 is 0 Å². The van der Waals surface area contributed by atoms with Crippen LogP contribution < -0.4 is 10.5 Å². The van der Waals surface area contributed by atoms with Crippen LogP contribution in [0, 0.1) is 0 Å². The van der Waals surface area contributed by atoms with Crippen LogP contribution in [-0.4, -0.2) is 29.7 Å². The van der Waals surface area contributed by atoms with E-state index in [9.17, 15) is 8.42 Å². The molecule has 7 nitrogen and oxygen atoms in total. The van der Waals surface area contributed by atoms with E-state index in [0.717, 1.165) is 0 Å². The van der Waals surface area contributed by atoms with Gasteiger partial charge in [-0.2, -0.15) is 5.10 Å². The van der Waals surface area contributed by atoms with E-state index in [2.05, 4.69) is 14.8 Å². The average Bonchev–Trinajstić information content (AvgIpc) is 2.77. The maximum atomic E-state index is 11.9. The molecule has 8 heteroatoms. The number of aryl methyl sites for hydroxylation is 1. The van der Waals surface area contributed by atoms with Gasteiger partial charge in [0, 0.05) is 25.7 Å². The van der Waals surface area contributed by atoms with Gasteiger partial charge in [-0.05, 0) is 11.6 Å². The fraction of sp³-hybridized carbons (Fsp3) is 0.333. The zero-order valence-corrected chi connectivity index (χ0v) is 12.0. The molecule has 1 aromatic heterocycles. The first-order chi connectivity index (χ1) is 9.46. The largest absolute Gasteiger partial charge is 0.398 e. The van der Waals surface area contributed by atoms with Gasteiger partial charge < -0.3 is 5.73 Å². The number of nitrogens with zero attached hydrogens (tertiary/aromatic N) is 3. The lowest BCUT2D eigenvalue weighted by atomic mass is 10.2. The molecule has 2 aromatic rings. The van der Waals surface area contributed by atoms with E-state index in [1.165, 1.54) is 0 Å². The molecule has 1 heterocycles. The van der Waals surface area contributed by atoms with E-state index in [1.54, 1.807) is 42.3 Å². The summed E-state index contributed by atoms with van der Waals surface area (Å²) in [5, 5.41) is 4.08. The van der Waals surface area contributed by atoms with E-state index < -0.39 is 10.0 Å².